The van der Waals surface area contributed by atoms with E-state index >= 15 is 0 Å². The summed E-state index contributed by atoms with van der Waals surface area (Å²) >= 11 is 0. The average Bonchev–Trinajstić information content (AvgIpc) is 2.51. The van der Waals surface area contributed by atoms with Crippen LogP contribution in [0, 0.1) is 0 Å². The number of rotatable bonds is 2. The molecule has 0 saturated heterocycles. The SMILES string of the molecule is C.CC(C)(c1ccccc1)c1ccccc1.COC.COC. The van der Waals surface area contributed by atoms with E-state index in [2.05, 4.69) is 84.0 Å². The van der Waals surface area contributed by atoms with Crippen LogP contribution in [0.4, 0.5) is 0 Å². The Balaban J connectivity index is 0. The third-order valence-electron chi connectivity index (χ3n) is 2.99. The van der Waals surface area contributed by atoms with Crippen LogP contribution >= 0.6 is 0 Å². The average molecular weight is 304 g/mol. The Bertz CT molecular complexity index is 406. The highest BCUT2D eigenvalue weighted by Gasteiger charge is 2.21. The number of methoxy groups -OCH3 is 2. The van der Waals surface area contributed by atoms with Crippen molar-refractivity contribution in [2.45, 2.75) is 26.7 Å². The van der Waals surface area contributed by atoms with E-state index in [-0.39, 0.29) is 12.8 Å². The second-order valence-electron chi connectivity index (χ2n) is 5.17. The van der Waals surface area contributed by atoms with Crippen LogP contribution in [0.1, 0.15) is 32.4 Å². The van der Waals surface area contributed by atoms with Crippen LogP contribution in [-0.4, -0.2) is 28.4 Å². The van der Waals surface area contributed by atoms with E-state index in [1.807, 2.05) is 0 Å². The Morgan fingerprint density at radius 2 is 0.818 bits per heavy atom. The highest BCUT2D eigenvalue weighted by Crippen LogP contribution is 2.30. The molecule has 2 heteroatoms. The van der Waals surface area contributed by atoms with Gasteiger partial charge in [0, 0.05) is 33.9 Å². The Morgan fingerprint density at radius 3 is 1.05 bits per heavy atom. The van der Waals surface area contributed by atoms with Gasteiger partial charge in [-0.25, -0.2) is 0 Å². The summed E-state index contributed by atoms with van der Waals surface area (Å²) in [6, 6.07) is 21.3. The van der Waals surface area contributed by atoms with Crippen molar-refractivity contribution in [3.05, 3.63) is 71.8 Å². The summed E-state index contributed by atoms with van der Waals surface area (Å²) in [4.78, 5) is 0. The molecular formula is C20H32O2. The molecule has 0 heterocycles. The molecule has 0 fully saturated rings. The maximum Gasteiger partial charge on any atom is 0.0351 e. The van der Waals surface area contributed by atoms with Crippen molar-refractivity contribution in [2.75, 3.05) is 28.4 Å². The summed E-state index contributed by atoms with van der Waals surface area (Å²) < 4.78 is 8.50. The van der Waals surface area contributed by atoms with Gasteiger partial charge in [-0.3, -0.25) is 0 Å². The fourth-order valence-electron chi connectivity index (χ4n) is 1.88. The third kappa shape index (κ3) is 7.96. The summed E-state index contributed by atoms with van der Waals surface area (Å²) in [6.07, 6.45) is 0. The van der Waals surface area contributed by atoms with E-state index in [0.29, 0.717) is 0 Å². The minimum absolute atomic E-state index is 0. The van der Waals surface area contributed by atoms with Crippen molar-refractivity contribution in [3.63, 3.8) is 0 Å². The number of ether oxygens (including phenoxy) is 2. The first-order chi connectivity index (χ1) is 10.0. The Kier molecular flexibility index (Phi) is 13.4. The van der Waals surface area contributed by atoms with Gasteiger partial charge in [-0.1, -0.05) is 81.9 Å². The lowest BCUT2D eigenvalue weighted by molar-refractivity contribution is 0.277. The fourth-order valence-corrected chi connectivity index (χ4v) is 1.88. The molecule has 0 unspecified atom stereocenters. The van der Waals surface area contributed by atoms with Gasteiger partial charge in [0.15, 0.2) is 0 Å². The predicted octanol–water partition coefficient (Wildman–Crippen LogP) is 5.17. The minimum Gasteiger partial charge on any atom is -0.388 e. The lowest BCUT2D eigenvalue weighted by atomic mass is 9.78. The van der Waals surface area contributed by atoms with Crippen LogP contribution in [-0.2, 0) is 14.9 Å². The quantitative estimate of drug-likeness (QED) is 0.761. The predicted molar refractivity (Wildman–Crippen MR) is 97.6 cm³/mol. The van der Waals surface area contributed by atoms with E-state index in [4.69, 9.17) is 0 Å². The van der Waals surface area contributed by atoms with Gasteiger partial charge in [0.1, 0.15) is 0 Å². The van der Waals surface area contributed by atoms with E-state index in [0.717, 1.165) is 0 Å². The van der Waals surface area contributed by atoms with Gasteiger partial charge in [0.05, 0.1) is 0 Å². The highest BCUT2D eigenvalue weighted by atomic mass is 16.5. The molecule has 2 aromatic rings. The van der Waals surface area contributed by atoms with Gasteiger partial charge in [-0.2, -0.15) is 0 Å². The van der Waals surface area contributed by atoms with Crippen LogP contribution < -0.4 is 0 Å². The van der Waals surface area contributed by atoms with Crippen molar-refractivity contribution < 1.29 is 9.47 Å². The molecule has 0 aromatic heterocycles. The second-order valence-corrected chi connectivity index (χ2v) is 5.17. The second kappa shape index (κ2) is 13.1. The monoisotopic (exact) mass is 304 g/mol. The van der Waals surface area contributed by atoms with E-state index in [1.165, 1.54) is 11.1 Å². The van der Waals surface area contributed by atoms with Crippen molar-refractivity contribution in [2.24, 2.45) is 0 Å². The maximum atomic E-state index is 4.25. The van der Waals surface area contributed by atoms with Crippen molar-refractivity contribution >= 4 is 0 Å². The fraction of sp³-hybridized carbons (Fsp3) is 0.400. The van der Waals surface area contributed by atoms with Crippen LogP contribution in [0.2, 0.25) is 0 Å². The zero-order valence-corrected chi connectivity index (χ0v) is 14.1. The first kappa shape index (κ1) is 22.6. The normalized spacial score (nSPS) is 9.36. The molecule has 0 amide bonds. The number of hydrogen-bond donors (Lipinski definition) is 0. The van der Waals surface area contributed by atoms with Gasteiger partial charge in [-0.05, 0) is 11.1 Å². The molecule has 0 bridgehead atoms. The molecular weight excluding hydrogens is 272 g/mol. The number of benzene rings is 2. The Labute approximate surface area is 137 Å². The third-order valence-corrected chi connectivity index (χ3v) is 2.99. The molecule has 22 heavy (non-hydrogen) atoms. The summed E-state index contributed by atoms with van der Waals surface area (Å²) in [6.45, 7) is 4.52. The molecule has 0 aliphatic rings. The van der Waals surface area contributed by atoms with Crippen molar-refractivity contribution in [1.82, 2.24) is 0 Å². The molecule has 2 rings (SSSR count). The largest absolute Gasteiger partial charge is 0.388 e. The molecule has 0 aliphatic heterocycles. The van der Waals surface area contributed by atoms with Gasteiger partial charge in [0.2, 0.25) is 0 Å². The standard InChI is InChI=1S/C15H16.2C2H6O.CH4/c1-15(2,13-9-5-3-6-10-13)14-11-7-4-8-12-14;2*1-3-2;/h3-12H,1-2H3;2*1-2H3;1H4. The summed E-state index contributed by atoms with van der Waals surface area (Å²) in [7, 11) is 6.50. The molecule has 0 N–H and O–H groups in total. The summed E-state index contributed by atoms with van der Waals surface area (Å²) in [5.74, 6) is 0. The first-order valence-electron chi connectivity index (χ1n) is 6.95. The van der Waals surface area contributed by atoms with Gasteiger partial charge >= 0.3 is 0 Å². The van der Waals surface area contributed by atoms with Crippen LogP contribution in [0.5, 0.6) is 0 Å². The van der Waals surface area contributed by atoms with Crippen LogP contribution in [0.3, 0.4) is 0 Å². The zero-order valence-electron chi connectivity index (χ0n) is 14.1. The summed E-state index contributed by atoms with van der Waals surface area (Å²) in [5, 5.41) is 0. The summed E-state index contributed by atoms with van der Waals surface area (Å²) in [5.41, 5.74) is 2.80. The molecule has 0 aliphatic carbocycles. The molecule has 124 valence electrons. The van der Waals surface area contributed by atoms with E-state index < -0.39 is 0 Å². The number of hydrogen-bond acceptors (Lipinski definition) is 2. The Morgan fingerprint density at radius 1 is 0.591 bits per heavy atom. The van der Waals surface area contributed by atoms with Crippen LogP contribution in [0.25, 0.3) is 0 Å². The lowest BCUT2D eigenvalue weighted by Crippen LogP contribution is -2.18. The topological polar surface area (TPSA) is 18.5 Å². The van der Waals surface area contributed by atoms with Gasteiger partial charge < -0.3 is 9.47 Å². The van der Waals surface area contributed by atoms with Gasteiger partial charge in [-0.15, -0.1) is 0 Å². The lowest BCUT2D eigenvalue weighted by Gasteiger charge is -2.25. The molecule has 0 radical (unpaired) electrons. The van der Waals surface area contributed by atoms with Gasteiger partial charge in [0.25, 0.3) is 0 Å². The smallest absolute Gasteiger partial charge is 0.0351 e. The maximum absolute atomic E-state index is 4.25. The van der Waals surface area contributed by atoms with E-state index in [1.54, 1.807) is 28.4 Å². The molecule has 0 atom stereocenters. The van der Waals surface area contributed by atoms with Crippen LogP contribution in [0.15, 0.2) is 60.7 Å². The molecule has 0 saturated carbocycles. The van der Waals surface area contributed by atoms with Crippen molar-refractivity contribution in [3.8, 4) is 0 Å². The Hall–Kier alpha value is -1.64. The molecule has 2 aromatic carbocycles. The molecule has 0 spiro atoms. The first-order valence-corrected chi connectivity index (χ1v) is 6.95. The van der Waals surface area contributed by atoms with Crippen molar-refractivity contribution in [1.29, 1.82) is 0 Å². The zero-order chi connectivity index (χ0) is 16.1. The highest BCUT2D eigenvalue weighted by molar-refractivity contribution is 5.36. The minimum atomic E-state index is 0. The van der Waals surface area contributed by atoms with E-state index in [9.17, 15) is 0 Å². The molecule has 2 nitrogen and oxygen atoms in total.